The maximum Gasteiger partial charge on any atom is 0.448 e. The summed E-state index contributed by atoms with van der Waals surface area (Å²) in [7, 11) is -5.62. The van der Waals surface area contributed by atoms with Gasteiger partial charge >= 0.3 is 26.4 Å². The number of hydrogen-bond acceptors (Lipinski definition) is 4. The highest BCUT2D eigenvalue weighted by Crippen LogP contribution is 2.27. The normalized spacial score (nSPS) is 14.0. The number of sulfone groups is 1. The molecule has 1 unspecified atom stereocenters. The maximum atomic E-state index is 12.7. The van der Waals surface area contributed by atoms with E-state index in [1.54, 1.807) is 0 Å². The van der Waals surface area contributed by atoms with Crippen LogP contribution in [0.15, 0.2) is 0 Å². The summed E-state index contributed by atoms with van der Waals surface area (Å²) < 4.78 is 47.2. The predicted molar refractivity (Wildman–Crippen MR) is 44.3 cm³/mol. The van der Waals surface area contributed by atoms with Crippen LogP contribution in [-0.2, 0) is 19.4 Å². The lowest BCUT2D eigenvalue weighted by atomic mass is 10.5. The van der Waals surface area contributed by atoms with Crippen molar-refractivity contribution in [1.29, 1.82) is 0 Å². The zero-order chi connectivity index (χ0) is 12.4. The van der Waals surface area contributed by atoms with E-state index in [9.17, 15) is 26.8 Å². The first kappa shape index (κ1) is 13.4. The molecule has 0 aliphatic heterocycles. The number of carbonyl (C=O) groups is 2. The molecule has 9 heteroatoms. The summed E-state index contributed by atoms with van der Waals surface area (Å²) in [4.78, 5) is 23.0. The molecule has 0 radical (unpaired) electrons. The van der Waals surface area contributed by atoms with E-state index < -0.39 is 32.2 Å². The Kier molecular flexibility index (Phi) is 3.49. The number of hydrogen-bond donors (Lipinski definition) is 1. The molecule has 1 atom stereocenters. The Balaban J connectivity index is 5.63. The van der Waals surface area contributed by atoms with Crippen molar-refractivity contribution in [3.63, 3.8) is 0 Å². The highest BCUT2D eigenvalue weighted by molar-refractivity contribution is 7.94. The fourth-order valence-corrected chi connectivity index (χ4v) is 1.79. The third kappa shape index (κ3) is 2.10. The van der Waals surface area contributed by atoms with Gasteiger partial charge < -0.3 is 5.11 Å². The number of rotatable bonds is 4. The van der Waals surface area contributed by atoms with Gasteiger partial charge in [0, 0.05) is 6.92 Å². The number of ketones is 1. The van der Waals surface area contributed by atoms with Gasteiger partial charge in [0.25, 0.3) is 6.57 Å². The van der Waals surface area contributed by atoms with Crippen LogP contribution in [0.1, 0.15) is 6.92 Å². The second-order valence-electron chi connectivity index (χ2n) is 2.48. The lowest BCUT2D eigenvalue weighted by Gasteiger charge is -2.09. The topological polar surface area (TPSA) is 92.9 Å². The molecule has 6 nitrogen and oxygen atoms in total. The Hall–Kier alpha value is -1.56. The van der Waals surface area contributed by atoms with E-state index in [4.69, 9.17) is 5.11 Å². The number of aliphatic carboxylic acids is 1. The molecule has 0 aliphatic rings. The van der Waals surface area contributed by atoms with Gasteiger partial charge in [0.15, 0.2) is 0 Å². The summed E-state index contributed by atoms with van der Waals surface area (Å²) in [6.45, 7) is 5.10. The van der Waals surface area contributed by atoms with Crippen molar-refractivity contribution in [3.05, 3.63) is 4.85 Å². The van der Waals surface area contributed by atoms with E-state index in [2.05, 4.69) is 11.4 Å². The average Bonchev–Trinajstić information content (AvgIpc) is 2.03. The molecule has 1 N–H and O–H groups in total. The molecule has 15 heavy (non-hydrogen) atoms. The van der Waals surface area contributed by atoms with Gasteiger partial charge in [-0.1, -0.05) is 4.85 Å². The molecule has 0 fully saturated rings. The zero-order valence-corrected chi connectivity index (χ0v) is 8.16. The van der Waals surface area contributed by atoms with Gasteiger partial charge in [0.2, 0.25) is 5.78 Å². The monoisotopic (exact) mass is 242 g/mol. The highest BCUT2D eigenvalue weighted by atomic mass is 32.2. The fourth-order valence-electron chi connectivity index (χ4n) is 0.665. The van der Waals surface area contributed by atoms with Crippen molar-refractivity contribution in [2.24, 2.45) is 0 Å². The molecule has 84 valence electrons. The molecule has 0 saturated heterocycles. The fraction of sp³-hybridized carbons (Fsp3) is 0.500. The predicted octanol–water partition coefficient (Wildman–Crippen LogP) is -0.0436. The van der Waals surface area contributed by atoms with E-state index >= 15 is 0 Å². The first-order valence-electron chi connectivity index (χ1n) is 3.34. The molecular weight excluding hydrogens is 236 g/mol. The Bertz CT molecular complexity index is 435. The SMILES string of the molecule is C#[N+]C(C(C)=O)S(=O)(=O)C(F)(F)C(=O)O. The third-order valence-electron chi connectivity index (χ3n) is 1.38. The molecule has 0 aromatic heterocycles. The standard InChI is InChI=1S/C6H5F2NO5S/c1-3(10)4(9-2)15(13,14)6(7,8)5(11)12/h2,4H,1H3/p+1. The Labute approximate surface area is 83.2 Å². The first-order valence-corrected chi connectivity index (χ1v) is 4.88. The molecule has 0 bridgehead atoms. The van der Waals surface area contributed by atoms with Gasteiger partial charge in [-0.15, -0.1) is 0 Å². The number of Topliss-reactive ketones (excluding diaryl/α,β-unsaturated/α-hetero) is 1. The largest absolute Gasteiger partial charge is 0.476 e. The lowest BCUT2D eigenvalue weighted by molar-refractivity contribution is -0.153. The van der Waals surface area contributed by atoms with Crippen molar-refractivity contribution in [2.45, 2.75) is 17.6 Å². The molecule has 0 aromatic carbocycles. The van der Waals surface area contributed by atoms with Crippen LogP contribution in [0.25, 0.3) is 4.85 Å². The van der Waals surface area contributed by atoms with Gasteiger partial charge in [-0.05, 0) is 0 Å². The summed E-state index contributed by atoms with van der Waals surface area (Å²) in [6.07, 6.45) is 0. The van der Waals surface area contributed by atoms with Gasteiger partial charge in [-0.3, -0.25) is 4.79 Å². The second kappa shape index (κ2) is 3.90. The van der Waals surface area contributed by atoms with Crippen molar-refractivity contribution >= 4 is 21.6 Å². The van der Waals surface area contributed by atoms with Crippen molar-refractivity contribution in [3.8, 4) is 6.57 Å². The molecule has 0 heterocycles. The number of carboxylic acids is 1. The van der Waals surface area contributed by atoms with Crippen LogP contribution < -0.4 is 0 Å². The number of halogens is 2. The van der Waals surface area contributed by atoms with E-state index in [1.807, 2.05) is 0 Å². The maximum absolute atomic E-state index is 12.7. The van der Waals surface area contributed by atoms with Crippen molar-refractivity contribution in [1.82, 2.24) is 0 Å². The Morgan fingerprint density at radius 2 is 1.87 bits per heavy atom. The summed E-state index contributed by atoms with van der Waals surface area (Å²) >= 11 is 0. The van der Waals surface area contributed by atoms with E-state index in [0.29, 0.717) is 6.92 Å². The third-order valence-corrected chi connectivity index (χ3v) is 3.31. The van der Waals surface area contributed by atoms with Gasteiger partial charge in [-0.25, -0.2) is 13.2 Å². The molecule has 0 amide bonds. The Morgan fingerprint density at radius 3 is 2.07 bits per heavy atom. The first-order chi connectivity index (χ1) is 6.59. The van der Waals surface area contributed by atoms with Crippen LogP contribution in [0.4, 0.5) is 8.78 Å². The number of carbonyl (C=O) groups excluding carboxylic acids is 1. The van der Waals surface area contributed by atoms with Gasteiger partial charge in [0.05, 0.1) is 0 Å². The van der Waals surface area contributed by atoms with Crippen molar-refractivity contribution in [2.75, 3.05) is 0 Å². The minimum atomic E-state index is -5.62. The number of alkyl halides is 2. The number of nitrogens with zero attached hydrogens (tertiary/aromatic N) is 1. The lowest BCUT2D eigenvalue weighted by Crippen LogP contribution is -2.44. The average molecular weight is 242 g/mol. The molecule has 0 rings (SSSR count). The van der Waals surface area contributed by atoms with Crippen LogP contribution in [0.3, 0.4) is 0 Å². The van der Waals surface area contributed by atoms with Crippen molar-refractivity contribution < 1.29 is 31.9 Å². The van der Waals surface area contributed by atoms with Crippen LogP contribution in [-0.4, -0.2) is 35.9 Å². The van der Waals surface area contributed by atoms with Gasteiger partial charge in [0.1, 0.15) is 0 Å². The molecule has 0 saturated carbocycles. The Morgan fingerprint density at radius 1 is 1.47 bits per heavy atom. The summed E-state index contributed by atoms with van der Waals surface area (Å²) in [6, 6.07) is 0. The van der Waals surface area contributed by atoms with Crippen LogP contribution in [0.2, 0.25) is 0 Å². The molecular formula is C6H6F2NO5S+. The second-order valence-corrected chi connectivity index (χ2v) is 4.53. The minimum absolute atomic E-state index is 0.649. The number of carboxylic acid groups (broad SMARTS) is 1. The summed E-state index contributed by atoms with van der Waals surface area (Å²) in [5.74, 6) is -4.18. The highest BCUT2D eigenvalue weighted by Gasteiger charge is 2.62. The smallest absolute Gasteiger partial charge is 0.448 e. The van der Waals surface area contributed by atoms with Crippen LogP contribution in [0, 0.1) is 6.57 Å². The summed E-state index contributed by atoms with van der Waals surface area (Å²) in [5, 5.41) is 0.295. The van der Waals surface area contributed by atoms with E-state index in [-0.39, 0.29) is 0 Å². The van der Waals surface area contributed by atoms with E-state index in [0.717, 1.165) is 0 Å². The van der Waals surface area contributed by atoms with Gasteiger partial charge in [-0.2, -0.15) is 8.78 Å². The van der Waals surface area contributed by atoms with Crippen LogP contribution in [0.5, 0.6) is 0 Å². The summed E-state index contributed by atoms with van der Waals surface area (Å²) in [5.41, 5.74) is 0. The van der Waals surface area contributed by atoms with Crippen LogP contribution >= 0.6 is 0 Å². The zero-order valence-electron chi connectivity index (χ0n) is 7.35. The molecule has 0 spiro atoms. The van der Waals surface area contributed by atoms with E-state index in [1.165, 1.54) is 0 Å². The minimum Gasteiger partial charge on any atom is -0.476 e. The quantitative estimate of drug-likeness (QED) is 0.746. The molecule has 0 aliphatic carbocycles. The molecule has 0 aromatic rings.